The van der Waals surface area contributed by atoms with Crippen molar-refractivity contribution in [1.29, 1.82) is 0 Å². The minimum atomic E-state index is -0.811. The van der Waals surface area contributed by atoms with Crippen LogP contribution in [0.3, 0.4) is 0 Å². The fraction of sp³-hybridized carbons (Fsp3) is 0.296. The molecule has 1 saturated carbocycles. The molecule has 2 heterocycles. The summed E-state index contributed by atoms with van der Waals surface area (Å²) in [6.45, 7) is 0.365. The van der Waals surface area contributed by atoms with Crippen molar-refractivity contribution >= 4 is 17.5 Å². The third-order valence-corrected chi connectivity index (χ3v) is 6.98. The molecule has 0 radical (unpaired) electrons. The van der Waals surface area contributed by atoms with E-state index in [0.29, 0.717) is 24.9 Å². The number of hydrogen-bond donors (Lipinski definition) is 1. The van der Waals surface area contributed by atoms with Gasteiger partial charge < -0.3 is 5.32 Å². The van der Waals surface area contributed by atoms with Crippen LogP contribution in [0.5, 0.6) is 0 Å². The Morgan fingerprint density at radius 1 is 1.00 bits per heavy atom. The first-order valence-corrected chi connectivity index (χ1v) is 11.5. The molecule has 0 bridgehead atoms. The van der Waals surface area contributed by atoms with Gasteiger partial charge in [0.25, 0.3) is 5.91 Å². The van der Waals surface area contributed by atoms with Crippen LogP contribution >= 0.6 is 0 Å². The van der Waals surface area contributed by atoms with E-state index < -0.39 is 17.3 Å². The van der Waals surface area contributed by atoms with Gasteiger partial charge in [-0.05, 0) is 54.3 Å². The molecule has 2 aliphatic rings. The van der Waals surface area contributed by atoms with Crippen LogP contribution in [0.2, 0.25) is 0 Å². The quantitative estimate of drug-likeness (QED) is 0.618. The first-order chi connectivity index (χ1) is 16.1. The second-order valence-corrected chi connectivity index (χ2v) is 8.85. The molecule has 1 atom stereocenters. The Bertz CT molecular complexity index is 1170. The van der Waals surface area contributed by atoms with E-state index in [4.69, 9.17) is 0 Å². The van der Waals surface area contributed by atoms with Crippen molar-refractivity contribution in [2.75, 3.05) is 4.90 Å². The molecule has 33 heavy (non-hydrogen) atoms. The number of anilines is 1. The van der Waals surface area contributed by atoms with E-state index in [1.54, 1.807) is 47.6 Å². The summed E-state index contributed by atoms with van der Waals surface area (Å²) in [6.07, 6.45) is 7.48. The van der Waals surface area contributed by atoms with Crippen molar-refractivity contribution in [2.45, 2.75) is 50.1 Å². The van der Waals surface area contributed by atoms with Crippen molar-refractivity contribution < 1.29 is 14.0 Å². The number of carbonyl (C=O) groups excluding carboxylic acids is 2. The summed E-state index contributed by atoms with van der Waals surface area (Å²) in [5, 5.41) is 3.08. The first-order valence-electron chi connectivity index (χ1n) is 11.5. The number of aromatic nitrogens is 1. The highest BCUT2D eigenvalue weighted by Crippen LogP contribution is 2.51. The summed E-state index contributed by atoms with van der Waals surface area (Å²) in [5.41, 5.74) is 1.56. The molecule has 0 unspecified atom stereocenters. The second kappa shape index (κ2) is 8.77. The zero-order valence-corrected chi connectivity index (χ0v) is 18.3. The molecule has 168 valence electrons. The molecule has 3 aromatic rings. The van der Waals surface area contributed by atoms with Crippen molar-refractivity contribution in [3.63, 3.8) is 0 Å². The highest BCUT2D eigenvalue weighted by atomic mass is 19.1. The van der Waals surface area contributed by atoms with E-state index in [9.17, 15) is 9.59 Å². The lowest BCUT2D eigenvalue weighted by molar-refractivity contribution is -0.124. The minimum absolute atomic E-state index is 0.144. The van der Waals surface area contributed by atoms with Gasteiger partial charge in [-0.1, -0.05) is 49.6 Å². The summed E-state index contributed by atoms with van der Waals surface area (Å²) < 4.78 is 15.1. The Balaban J connectivity index is 1.63. The molecule has 5 nitrogen and oxygen atoms in total. The predicted octanol–water partition coefficient (Wildman–Crippen LogP) is 4.98. The van der Waals surface area contributed by atoms with Crippen LogP contribution in [0.4, 0.5) is 10.1 Å². The third kappa shape index (κ3) is 3.69. The Morgan fingerprint density at radius 3 is 2.45 bits per heavy atom. The first kappa shape index (κ1) is 21.3. The lowest BCUT2D eigenvalue weighted by atomic mass is 9.65. The number of carbonyl (C=O) groups is 2. The molecule has 1 N–H and O–H groups in total. The summed E-state index contributed by atoms with van der Waals surface area (Å²) in [5.74, 6) is -1.43. The van der Waals surface area contributed by atoms with Crippen LogP contribution in [0.25, 0.3) is 0 Å². The summed E-state index contributed by atoms with van der Waals surface area (Å²) in [6, 6.07) is 17.4. The van der Waals surface area contributed by atoms with Crippen LogP contribution < -0.4 is 10.2 Å². The molecule has 1 aliphatic heterocycles. The molecule has 0 saturated heterocycles. The number of halogens is 1. The van der Waals surface area contributed by atoms with Crippen molar-refractivity contribution in [1.82, 2.24) is 10.3 Å². The number of nitrogens with zero attached hydrogens (tertiary/aromatic N) is 2. The molecule has 6 heteroatoms. The summed E-state index contributed by atoms with van der Waals surface area (Å²) in [7, 11) is 0. The summed E-state index contributed by atoms with van der Waals surface area (Å²) >= 11 is 0. The number of benzene rings is 2. The van der Waals surface area contributed by atoms with Gasteiger partial charge in [0.2, 0.25) is 5.91 Å². The molecule has 1 fully saturated rings. The maximum absolute atomic E-state index is 15.1. The highest BCUT2D eigenvalue weighted by Gasteiger charge is 2.55. The predicted molar refractivity (Wildman–Crippen MR) is 124 cm³/mol. The van der Waals surface area contributed by atoms with Gasteiger partial charge in [-0.15, -0.1) is 0 Å². The third-order valence-electron chi connectivity index (χ3n) is 6.98. The minimum Gasteiger partial charge on any atom is -0.351 e. The van der Waals surface area contributed by atoms with Crippen molar-refractivity contribution in [2.24, 2.45) is 0 Å². The zero-order chi connectivity index (χ0) is 22.8. The van der Waals surface area contributed by atoms with Crippen LogP contribution in [0.1, 0.15) is 59.5 Å². The fourth-order valence-corrected chi connectivity index (χ4v) is 5.52. The maximum atomic E-state index is 15.1. The molecule has 2 aromatic carbocycles. The molecule has 1 aliphatic carbocycles. The lowest BCUT2D eigenvalue weighted by Gasteiger charge is -2.53. The monoisotopic (exact) mass is 443 g/mol. The van der Waals surface area contributed by atoms with Gasteiger partial charge in [0.05, 0.1) is 17.1 Å². The highest BCUT2D eigenvalue weighted by molar-refractivity contribution is 6.12. The Hall–Kier alpha value is -3.54. The van der Waals surface area contributed by atoms with E-state index in [1.807, 2.05) is 24.3 Å². The number of pyridine rings is 1. The van der Waals surface area contributed by atoms with Crippen molar-refractivity contribution in [3.8, 4) is 0 Å². The fourth-order valence-electron chi connectivity index (χ4n) is 5.52. The Labute approximate surface area is 192 Å². The SMILES string of the molecule is O=C(NCc1ccncc1)[C@@H]1c2ccccc2C(=O)N(c2ccccc2F)C12CCCCC2. The number of para-hydroxylation sites is 1. The molecular weight excluding hydrogens is 417 g/mol. The molecule has 5 rings (SSSR count). The van der Waals surface area contributed by atoms with Crippen LogP contribution in [-0.2, 0) is 11.3 Å². The standard InChI is InChI=1S/C27H26FN3O2/c28-22-10-4-5-11-23(22)31-26(33)21-9-3-2-8-20(21)24(27(31)14-6-1-7-15-27)25(32)30-18-19-12-16-29-17-13-19/h2-5,8-13,16-17,24H,1,6-7,14-15,18H2,(H,30,32)/t24-/m0/s1. The molecule has 2 amide bonds. The van der Waals surface area contributed by atoms with Crippen LogP contribution in [0, 0.1) is 5.82 Å². The van der Waals surface area contributed by atoms with Gasteiger partial charge in [0, 0.05) is 24.5 Å². The number of nitrogens with one attached hydrogen (secondary N) is 1. The van der Waals surface area contributed by atoms with Crippen LogP contribution in [-0.4, -0.2) is 22.3 Å². The van der Waals surface area contributed by atoms with Gasteiger partial charge in [0.15, 0.2) is 0 Å². The number of rotatable bonds is 4. The normalized spacial score (nSPS) is 19.2. The van der Waals surface area contributed by atoms with Crippen LogP contribution in [0.15, 0.2) is 73.1 Å². The van der Waals surface area contributed by atoms with E-state index in [1.165, 1.54) is 6.07 Å². The molecule has 1 aromatic heterocycles. The molecule has 1 spiro atoms. The zero-order valence-electron chi connectivity index (χ0n) is 18.3. The van der Waals surface area contributed by atoms with Gasteiger partial charge in [-0.3, -0.25) is 19.5 Å². The van der Waals surface area contributed by atoms with Gasteiger partial charge in [-0.2, -0.15) is 0 Å². The largest absolute Gasteiger partial charge is 0.351 e. The number of amides is 2. The van der Waals surface area contributed by atoms with Gasteiger partial charge in [-0.25, -0.2) is 4.39 Å². The Kier molecular flexibility index (Phi) is 5.67. The van der Waals surface area contributed by atoms with E-state index >= 15 is 4.39 Å². The topological polar surface area (TPSA) is 62.3 Å². The smallest absolute Gasteiger partial charge is 0.259 e. The average Bonchev–Trinajstić information content (AvgIpc) is 2.85. The summed E-state index contributed by atoms with van der Waals surface area (Å²) in [4.78, 5) is 33.3. The number of hydrogen-bond acceptors (Lipinski definition) is 3. The van der Waals surface area contributed by atoms with E-state index in [-0.39, 0.29) is 17.5 Å². The Morgan fingerprint density at radius 2 is 1.70 bits per heavy atom. The van der Waals surface area contributed by atoms with Gasteiger partial charge >= 0.3 is 0 Å². The lowest BCUT2D eigenvalue weighted by Crippen LogP contribution is -2.63. The van der Waals surface area contributed by atoms with E-state index in [2.05, 4.69) is 10.3 Å². The molecular formula is C27H26FN3O2. The van der Waals surface area contributed by atoms with Gasteiger partial charge in [0.1, 0.15) is 5.82 Å². The second-order valence-electron chi connectivity index (χ2n) is 8.85. The average molecular weight is 444 g/mol. The number of fused-ring (bicyclic) bond motifs is 1. The maximum Gasteiger partial charge on any atom is 0.259 e. The van der Waals surface area contributed by atoms with E-state index in [0.717, 1.165) is 30.4 Å². The van der Waals surface area contributed by atoms with Crippen molar-refractivity contribution in [3.05, 3.63) is 95.6 Å².